The van der Waals surface area contributed by atoms with Gasteiger partial charge in [-0.15, -0.1) is 0 Å². The Kier molecular flexibility index (Phi) is 4.53. The maximum atomic E-state index is 12.0. The number of hydrogen-bond acceptors (Lipinski definition) is 4. The van der Waals surface area contributed by atoms with Crippen LogP contribution in [0.4, 0.5) is 11.6 Å². The summed E-state index contributed by atoms with van der Waals surface area (Å²) in [6.45, 7) is 2.00. The largest absolute Gasteiger partial charge is 0.341 e. The highest BCUT2D eigenvalue weighted by Crippen LogP contribution is 2.16. The van der Waals surface area contributed by atoms with Crippen LogP contribution in [0.15, 0.2) is 36.7 Å². The molecule has 0 bridgehead atoms. The first kappa shape index (κ1) is 14.8. The van der Waals surface area contributed by atoms with Crippen LogP contribution in [-0.2, 0) is 11.2 Å². The zero-order valence-electron chi connectivity index (χ0n) is 12.1. The summed E-state index contributed by atoms with van der Waals surface area (Å²) < 4.78 is 0. The molecule has 1 aliphatic rings. The monoisotopic (exact) mass is 316 g/mol. The fourth-order valence-electron chi connectivity index (χ4n) is 2.46. The van der Waals surface area contributed by atoms with E-state index in [0.717, 1.165) is 24.6 Å². The molecule has 2 aromatic rings. The number of carbonyl (C=O) groups excluding carboxylic acids is 1. The van der Waals surface area contributed by atoms with Crippen molar-refractivity contribution in [3.8, 4) is 0 Å². The van der Waals surface area contributed by atoms with Crippen LogP contribution in [0.2, 0.25) is 5.02 Å². The van der Waals surface area contributed by atoms with E-state index < -0.39 is 0 Å². The Hall–Kier alpha value is -2.14. The van der Waals surface area contributed by atoms with E-state index in [2.05, 4.69) is 20.2 Å². The molecule has 22 heavy (non-hydrogen) atoms. The highest BCUT2D eigenvalue weighted by Gasteiger charge is 2.14. The maximum absolute atomic E-state index is 12.0. The van der Waals surface area contributed by atoms with Crippen molar-refractivity contribution >= 4 is 29.1 Å². The SMILES string of the molecule is O=C(Cc1ccc(Cl)cc1)Nc1cnc(N2CCCC2)nc1. The van der Waals surface area contributed by atoms with E-state index in [1.165, 1.54) is 12.8 Å². The van der Waals surface area contributed by atoms with Gasteiger partial charge >= 0.3 is 0 Å². The Balaban J connectivity index is 1.57. The Morgan fingerprint density at radius 1 is 1.14 bits per heavy atom. The third kappa shape index (κ3) is 3.74. The van der Waals surface area contributed by atoms with Crippen molar-refractivity contribution in [1.82, 2.24) is 9.97 Å². The Labute approximate surface area is 134 Å². The molecule has 6 heteroatoms. The second-order valence-electron chi connectivity index (χ2n) is 5.32. The van der Waals surface area contributed by atoms with Crippen molar-refractivity contribution in [3.05, 3.63) is 47.2 Å². The number of anilines is 2. The fraction of sp³-hybridized carbons (Fsp3) is 0.312. The number of rotatable bonds is 4. The molecule has 1 fully saturated rings. The lowest BCUT2D eigenvalue weighted by molar-refractivity contribution is -0.115. The molecule has 5 nitrogen and oxygen atoms in total. The van der Waals surface area contributed by atoms with Crippen LogP contribution in [0.25, 0.3) is 0 Å². The standard InChI is InChI=1S/C16H17ClN4O/c17-13-5-3-12(4-6-13)9-15(22)20-14-10-18-16(19-11-14)21-7-1-2-8-21/h3-6,10-11H,1-2,7-9H2,(H,20,22). The number of nitrogens with zero attached hydrogens (tertiary/aromatic N) is 3. The summed E-state index contributed by atoms with van der Waals surface area (Å²) in [7, 11) is 0. The first-order valence-corrected chi connectivity index (χ1v) is 7.70. The van der Waals surface area contributed by atoms with Crippen LogP contribution in [0.5, 0.6) is 0 Å². The molecule has 0 saturated carbocycles. The van der Waals surface area contributed by atoms with Gasteiger partial charge in [-0.2, -0.15) is 0 Å². The number of amides is 1. The molecule has 114 valence electrons. The third-order valence-electron chi connectivity index (χ3n) is 3.59. The first-order chi connectivity index (χ1) is 10.7. The quantitative estimate of drug-likeness (QED) is 0.942. The highest BCUT2D eigenvalue weighted by molar-refractivity contribution is 6.30. The van der Waals surface area contributed by atoms with Gasteiger partial charge in [0.05, 0.1) is 24.5 Å². The number of carbonyl (C=O) groups is 1. The summed E-state index contributed by atoms with van der Waals surface area (Å²) >= 11 is 5.83. The van der Waals surface area contributed by atoms with Crippen molar-refractivity contribution in [2.75, 3.05) is 23.3 Å². The summed E-state index contributed by atoms with van der Waals surface area (Å²) in [6, 6.07) is 7.24. The summed E-state index contributed by atoms with van der Waals surface area (Å²) in [5.74, 6) is 0.632. The van der Waals surface area contributed by atoms with Crippen molar-refractivity contribution in [3.63, 3.8) is 0 Å². The van der Waals surface area contributed by atoms with E-state index >= 15 is 0 Å². The van der Waals surface area contributed by atoms with Crippen LogP contribution >= 0.6 is 11.6 Å². The van der Waals surface area contributed by atoms with Gasteiger partial charge in [-0.05, 0) is 30.5 Å². The molecule has 1 aromatic heterocycles. The Bertz CT molecular complexity index is 636. The molecule has 1 saturated heterocycles. The van der Waals surface area contributed by atoms with Gasteiger partial charge in [0, 0.05) is 18.1 Å². The lowest BCUT2D eigenvalue weighted by Crippen LogP contribution is -2.21. The summed E-state index contributed by atoms with van der Waals surface area (Å²) in [5, 5.41) is 3.47. The van der Waals surface area contributed by atoms with E-state index in [9.17, 15) is 4.79 Å². The minimum atomic E-state index is -0.0974. The van der Waals surface area contributed by atoms with Gasteiger partial charge in [-0.3, -0.25) is 4.79 Å². The third-order valence-corrected chi connectivity index (χ3v) is 3.84. The van der Waals surface area contributed by atoms with Gasteiger partial charge < -0.3 is 10.2 Å². The Morgan fingerprint density at radius 3 is 2.41 bits per heavy atom. The molecule has 1 aliphatic heterocycles. The molecule has 3 rings (SSSR count). The second kappa shape index (κ2) is 6.75. The van der Waals surface area contributed by atoms with E-state index in [4.69, 9.17) is 11.6 Å². The topological polar surface area (TPSA) is 58.1 Å². The van der Waals surface area contributed by atoms with E-state index in [0.29, 0.717) is 17.1 Å². The lowest BCUT2D eigenvalue weighted by Gasteiger charge is -2.14. The van der Waals surface area contributed by atoms with Gasteiger partial charge in [-0.1, -0.05) is 23.7 Å². The van der Waals surface area contributed by atoms with Crippen LogP contribution in [-0.4, -0.2) is 29.0 Å². The summed E-state index contributed by atoms with van der Waals surface area (Å²) in [6.07, 6.45) is 5.97. The Morgan fingerprint density at radius 2 is 1.77 bits per heavy atom. The smallest absolute Gasteiger partial charge is 0.228 e. The minimum Gasteiger partial charge on any atom is -0.341 e. The molecular weight excluding hydrogens is 300 g/mol. The highest BCUT2D eigenvalue weighted by atomic mass is 35.5. The average Bonchev–Trinajstić information content (AvgIpc) is 3.05. The number of hydrogen-bond donors (Lipinski definition) is 1. The van der Waals surface area contributed by atoms with Gasteiger partial charge in [0.2, 0.25) is 11.9 Å². The second-order valence-corrected chi connectivity index (χ2v) is 5.75. The number of halogens is 1. The zero-order chi connectivity index (χ0) is 15.4. The van der Waals surface area contributed by atoms with Crippen LogP contribution in [0, 0.1) is 0 Å². The van der Waals surface area contributed by atoms with E-state index in [1.807, 2.05) is 12.1 Å². The van der Waals surface area contributed by atoms with Gasteiger partial charge in [0.15, 0.2) is 0 Å². The average molecular weight is 317 g/mol. The molecule has 0 spiro atoms. The van der Waals surface area contributed by atoms with Crippen molar-refractivity contribution < 1.29 is 4.79 Å². The van der Waals surface area contributed by atoms with Gasteiger partial charge in [0.25, 0.3) is 0 Å². The number of aromatic nitrogens is 2. The molecule has 2 heterocycles. The maximum Gasteiger partial charge on any atom is 0.228 e. The van der Waals surface area contributed by atoms with E-state index in [1.54, 1.807) is 24.5 Å². The normalized spacial score (nSPS) is 14.1. The molecule has 1 aromatic carbocycles. The van der Waals surface area contributed by atoms with Crippen LogP contribution in [0.1, 0.15) is 18.4 Å². The number of benzene rings is 1. The van der Waals surface area contributed by atoms with Gasteiger partial charge in [-0.25, -0.2) is 9.97 Å². The minimum absolute atomic E-state index is 0.0974. The molecule has 0 atom stereocenters. The molecule has 0 unspecified atom stereocenters. The predicted molar refractivity (Wildman–Crippen MR) is 87.3 cm³/mol. The fourth-order valence-corrected chi connectivity index (χ4v) is 2.59. The van der Waals surface area contributed by atoms with Crippen LogP contribution < -0.4 is 10.2 Å². The molecule has 0 aliphatic carbocycles. The van der Waals surface area contributed by atoms with Crippen LogP contribution in [0.3, 0.4) is 0 Å². The van der Waals surface area contributed by atoms with Crippen molar-refractivity contribution in [2.45, 2.75) is 19.3 Å². The molecule has 1 N–H and O–H groups in total. The molecule has 1 amide bonds. The first-order valence-electron chi connectivity index (χ1n) is 7.32. The predicted octanol–water partition coefficient (Wildman–Crippen LogP) is 2.91. The molecular formula is C16H17ClN4O. The summed E-state index contributed by atoms with van der Waals surface area (Å²) in [4.78, 5) is 22.8. The summed E-state index contributed by atoms with van der Waals surface area (Å²) in [5.41, 5.74) is 1.53. The zero-order valence-corrected chi connectivity index (χ0v) is 12.9. The molecule has 0 radical (unpaired) electrons. The number of nitrogens with one attached hydrogen (secondary N) is 1. The van der Waals surface area contributed by atoms with E-state index in [-0.39, 0.29) is 5.91 Å². The van der Waals surface area contributed by atoms with Crippen molar-refractivity contribution in [1.29, 1.82) is 0 Å². The van der Waals surface area contributed by atoms with Gasteiger partial charge in [0.1, 0.15) is 0 Å². The van der Waals surface area contributed by atoms with Crippen molar-refractivity contribution in [2.24, 2.45) is 0 Å². The lowest BCUT2D eigenvalue weighted by atomic mass is 10.1.